The van der Waals surface area contributed by atoms with Crippen molar-refractivity contribution in [2.75, 3.05) is 26.2 Å². The number of terminal acetylenes is 1. The molecule has 0 atom stereocenters. The van der Waals surface area contributed by atoms with Crippen molar-refractivity contribution in [1.29, 1.82) is 0 Å². The van der Waals surface area contributed by atoms with Gasteiger partial charge in [0, 0.05) is 30.1 Å². The third-order valence-electron chi connectivity index (χ3n) is 5.99. The smallest absolute Gasteiger partial charge is 0.338 e. The van der Waals surface area contributed by atoms with Crippen molar-refractivity contribution in [2.24, 2.45) is 0 Å². The number of likely N-dealkylation sites (tertiary alicyclic amines) is 1. The Labute approximate surface area is 200 Å². The highest BCUT2D eigenvalue weighted by atomic mass is 16.5. The van der Waals surface area contributed by atoms with E-state index < -0.39 is 0 Å². The molecule has 0 saturated carbocycles. The average Bonchev–Trinajstić information content (AvgIpc) is 3.55. The number of esters is 1. The predicted molar refractivity (Wildman–Crippen MR) is 136 cm³/mol. The van der Waals surface area contributed by atoms with Gasteiger partial charge in [-0.1, -0.05) is 31.2 Å². The Morgan fingerprint density at radius 1 is 1.26 bits per heavy atom. The van der Waals surface area contributed by atoms with Crippen molar-refractivity contribution in [3.05, 3.63) is 66.3 Å². The molecule has 3 aromatic rings. The lowest BCUT2D eigenvalue weighted by Crippen LogP contribution is -2.25. The van der Waals surface area contributed by atoms with Crippen LogP contribution >= 0.6 is 0 Å². The monoisotopic (exact) mass is 454 g/mol. The minimum atomic E-state index is -0.328. The van der Waals surface area contributed by atoms with E-state index in [1.54, 1.807) is 18.6 Å². The van der Waals surface area contributed by atoms with Crippen molar-refractivity contribution < 1.29 is 9.53 Å². The zero-order valence-electron chi connectivity index (χ0n) is 19.6. The number of fused-ring (bicyclic) bond motifs is 1. The summed E-state index contributed by atoms with van der Waals surface area (Å²) in [6, 6.07) is 7.57. The molecule has 1 N–H and O–H groups in total. The van der Waals surface area contributed by atoms with E-state index in [9.17, 15) is 4.79 Å². The second-order valence-electron chi connectivity index (χ2n) is 8.31. The lowest BCUT2D eigenvalue weighted by atomic mass is 9.99. The van der Waals surface area contributed by atoms with Crippen LogP contribution in [0.1, 0.15) is 48.7 Å². The Bertz CT molecular complexity index is 1240. The van der Waals surface area contributed by atoms with Crippen LogP contribution in [0.5, 0.6) is 0 Å². The highest BCUT2D eigenvalue weighted by molar-refractivity contribution is 6.04. The molecular weight excluding hydrogens is 424 g/mol. The number of nitrogens with zero attached hydrogens (tertiary/aromatic N) is 3. The summed E-state index contributed by atoms with van der Waals surface area (Å²) >= 11 is 0. The molecule has 1 aliphatic heterocycles. The molecule has 0 unspecified atom stereocenters. The summed E-state index contributed by atoms with van der Waals surface area (Å²) < 4.78 is 5.61. The summed E-state index contributed by atoms with van der Waals surface area (Å²) in [5.41, 5.74) is 4.77. The highest BCUT2D eigenvalue weighted by Gasteiger charge is 2.17. The van der Waals surface area contributed by atoms with Gasteiger partial charge in [0.2, 0.25) is 0 Å². The number of rotatable bonds is 9. The maximum Gasteiger partial charge on any atom is 0.338 e. The van der Waals surface area contributed by atoms with Gasteiger partial charge in [0.1, 0.15) is 6.61 Å². The van der Waals surface area contributed by atoms with Gasteiger partial charge in [-0.15, -0.1) is 12.3 Å². The maximum atomic E-state index is 12.9. The molecule has 174 valence electrons. The molecule has 1 fully saturated rings. The molecule has 1 saturated heterocycles. The molecule has 4 rings (SSSR count). The van der Waals surface area contributed by atoms with Gasteiger partial charge in [0.05, 0.1) is 28.8 Å². The fourth-order valence-corrected chi connectivity index (χ4v) is 4.24. The minimum absolute atomic E-state index is 0.328. The number of allylic oxidation sites excluding steroid dienone is 4. The number of aromatic nitrogens is 3. The normalized spacial score (nSPS) is 14.6. The van der Waals surface area contributed by atoms with Crippen molar-refractivity contribution in [1.82, 2.24) is 19.9 Å². The van der Waals surface area contributed by atoms with E-state index in [1.807, 2.05) is 30.4 Å². The quantitative estimate of drug-likeness (QED) is 0.272. The standard InChI is InChI=1S/C28H30N4O2/c1-3-5-6-10-21(9-4-2)26-27(31-20-30-26)22-11-12-25-24(19-22)23(13-14-29-25)28(33)34-18-17-32-15-7-8-16-32/h2,5-6,10-14,19-20H,3,7-9,15-18H2,1H3,(H,30,31)/b6-5-,21-10+. The molecule has 0 aliphatic carbocycles. The van der Waals surface area contributed by atoms with E-state index in [2.05, 4.69) is 38.8 Å². The Morgan fingerprint density at radius 2 is 2.12 bits per heavy atom. The first-order chi connectivity index (χ1) is 16.7. The van der Waals surface area contributed by atoms with Crippen LogP contribution in [-0.2, 0) is 4.74 Å². The van der Waals surface area contributed by atoms with E-state index in [-0.39, 0.29) is 5.97 Å². The minimum Gasteiger partial charge on any atom is -0.461 e. The Kier molecular flexibility index (Phi) is 7.90. The van der Waals surface area contributed by atoms with E-state index in [1.165, 1.54) is 12.8 Å². The van der Waals surface area contributed by atoms with Gasteiger partial charge in [-0.05, 0) is 56.1 Å². The van der Waals surface area contributed by atoms with Gasteiger partial charge in [-0.25, -0.2) is 9.78 Å². The second-order valence-corrected chi connectivity index (χ2v) is 8.31. The molecule has 0 bridgehead atoms. The Morgan fingerprint density at radius 3 is 2.91 bits per heavy atom. The third kappa shape index (κ3) is 5.44. The lowest BCUT2D eigenvalue weighted by molar-refractivity contribution is 0.0474. The number of ether oxygens (including phenoxy) is 1. The second kappa shape index (κ2) is 11.4. The molecule has 0 radical (unpaired) electrons. The number of benzene rings is 1. The molecule has 1 aromatic carbocycles. The molecule has 3 heterocycles. The number of nitrogens with one attached hydrogen (secondary N) is 1. The van der Waals surface area contributed by atoms with Crippen LogP contribution in [0, 0.1) is 12.3 Å². The van der Waals surface area contributed by atoms with E-state index in [0.717, 1.165) is 59.5 Å². The van der Waals surface area contributed by atoms with Gasteiger partial charge in [-0.3, -0.25) is 9.88 Å². The van der Waals surface area contributed by atoms with Gasteiger partial charge < -0.3 is 9.72 Å². The summed E-state index contributed by atoms with van der Waals surface area (Å²) in [5, 5.41) is 0.750. The van der Waals surface area contributed by atoms with Crippen molar-refractivity contribution in [3.63, 3.8) is 0 Å². The zero-order chi connectivity index (χ0) is 23.8. The number of hydrogen-bond acceptors (Lipinski definition) is 5. The molecule has 0 amide bonds. The van der Waals surface area contributed by atoms with Crippen molar-refractivity contribution in [2.45, 2.75) is 32.6 Å². The fraction of sp³-hybridized carbons (Fsp3) is 0.321. The number of pyridine rings is 1. The van der Waals surface area contributed by atoms with Crippen molar-refractivity contribution >= 4 is 22.4 Å². The third-order valence-corrected chi connectivity index (χ3v) is 5.99. The van der Waals surface area contributed by atoms with Crippen molar-refractivity contribution in [3.8, 4) is 23.6 Å². The first-order valence-electron chi connectivity index (χ1n) is 11.8. The van der Waals surface area contributed by atoms with Crippen LogP contribution < -0.4 is 0 Å². The number of H-pyrrole nitrogens is 1. The van der Waals surface area contributed by atoms with Gasteiger partial charge in [-0.2, -0.15) is 0 Å². The lowest BCUT2D eigenvalue weighted by Gasteiger charge is -2.14. The van der Waals surface area contributed by atoms with Crippen LogP contribution in [0.3, 0.4) is 0 Å². The van der Waals surface area contributed by atoms with E-state index in [4.69, 9.17) is 11.2 Å². The molecule has 6 heteroatoms. The summed E-state index contributed by atoms with van der Waals surface area (Å²) in [6.45, 7) is 5.40. The van der Waals surface area contributed by atoms with Crippen LogP contribution in [0.25, 0.3) is 27.7 Å². The summed E-state index contributed by atoms with van der Waals surface area (Å²) in [6.07, 6.45) is 18.9. The highest BCUT2D eigenvalue weighted by Crippen LogP contribution is 2.30. The Hall–Kier alpha value is -3.69. The van der Waals surface area contributed by atoms with Crippen LogP contribution in [-0.4, -0.2) is 52.1 Å². The number of aromatic amines is 1. The number of hydrogen-bond donors (Lipinski definition) is 1. The molecule has 1 aliphatic rings. The van der Waals surface area contributed by atoms with Gasteiger partial charge in [0.15, 0.2) is 0 Å². The number of carbonyl (C=O) groups is 1. The van der Waals surface area contributed by atoms with Crippen LogP contribution in [0.15, 0.2) is 55.0 Å². The predicted octanol–water partition coefficient (Wildman–Crippen LogP) is 5.25. The largest absolute Gasteiger partial charge is 0.461 e. The summed E-state index contributed by atoms with van der Waals surface area (Å²) in [5.74, 6) is 2.40. The fourth-order valence-electron chi connectivity index (χ4n) is 4.24. The molecule has 6 nitrogen and oxygen atoms in total. The topological polar surface area (TPSA) is 71.1 Å². The number of imidazole rings is 1. The maximum absolute atomic E-state index is 12.9. The van der Waals surface area contributed by atoms with Gasteiger partial charge >= 0.3 is 5.97 Å². The average molecular weight is 455 g/mol. The number of carbonyl (C=O) groups excluding carboxylic acids is 1. The first kappa shape index (κ1) is 23.5. The van der Waals surface area contributed by atoms with E-state index in [0.29, 0.717) is 18.6 Å². The molecule has 34 heavy (non-hydrogen) atoms. The zero-order valence-corrected chi connectivity index (χ0v) is 19.6. The summed E-state index contributed by atoms with van der Waals surface area (Å²) in [4.78, 5) is 27.5. The first-order valence-corrected chi connectivity index (χ1v) is 11.8. The Balaban J connectivity index is 1.62. The molecule has 2 aromatic heterocycles. The molecular formula is C28H30N4O2. The molecule has 0 spiro atoms. The van der Waals surface area contributed by atoms with E-state index >= 15 is 0 Å². The van der Waals surface area contributed by atoms with Gasteiger partial charge in [0.25, 0.3) is 0 Å². The van der Waals surface area contributed by atoms with Crippen LogP contribution in [0.2, 0.25) is 0 Å². The van der Waals surface area contributed by atoms with Crippen LogP contribution in [0.4, 0.5) is 0 Å². The summed E-state index contributed by atoms with van der Waals surface area (Å²) in [7, 11) is 0. The SMILES string of the molecule is C#CC/C(=C\C=C/CC)c1nc[nH]c1-c1ccc2nccc(C(=O)OCCN3CCCC3)c2c1.